The highest BCUT2D eigenvalue weighted by atomic mass is 79.9. The van der Waals surface area contributed by atoms with Gasteiger partial charge in [0.25, 0.3) is 0 Å². The van der Waals surface area contributed by atoms with Gasteiger partial charge in [-0.3, -0.25) is 4.79 Å². The van der Waals surface area contributed by atoms with Crippen LogP contribution >= 0.6 is 15.9 Å². The molecule has 122 valence electrons. The van der Waals surface area contributed by atoms with E-state index in [0.29, 0.717) is 31.1 Å². The van der Waals surface area contributed by atoms with Gasteiger partial charge in [-0.25, -0.2) is 0 Å². The zero-order valence-electron chi connectivity index (χ0n) is 13.3. The van der Waals surface area contributed by atoms with Crippen molar-refractivity contribution >= 4 is 21.8 Å². The van der Waals surface area contributed by atoms with Gasteiger partial charge in [-0.15, -0.1) is 0 Å². The zero-order chi connectivity index (χ0) is 16.7. The monoisotopic (exact) mass is 377 g/mol. The summed E-state index contributed by atoms with van der Waals surface area (Å²) in [4.78, 5) is 11.9. The quantitative estimate of drug-likeness (QED) is 0.751. The third-order valence-corrected chi connectivity index (χ3v) is 3.81. The number of methoxy groups -OCH3 is 1. The largest absolute Gasteiger partial charge is 0.493 e. The van der Waals surface area contributed by atoms with Gasteiger partial charge >= 0.3 is 0 Å². The first-order chi connectivity index (χ1) is 11.1. The van der Waals surface area contributed by atoms with E-state index in [1.807, 2.05) is 49.4 Å². The first kappa shape index (κ1) is 17.3. The summed E-state index contributed by atoms with van der Waals surface area (Å²) in [5, 5.41) is 2.85. The molecule has 0 atom stereocenters. The molecule has 0 fully saturated rings. The van der Waals surface area contributed by atoms with Crippen LogP contribution in [0.2, 0.25) is 0 Å². The Kier molecular flexibility index (Phi) is 6.47. The molecule has 2 rings (SSSR count). The minimum atomic E-state index is -0.0215. The van der Waals surface area contributed by atoms with Crippen LogP contribution in [0.3, 0.4) is 0 Å². The van der Waals surface area contributed by atoms with Crippen LogP contribution in [0.25, 0.3) is 0 Å². The number of aryl methyl sites for hydroxylation is 1. The van der Waals surface area contributed by atoms with Crippen molar-refractivity contribution in [1.82, 2.24) is 5.32 Å². The summed E-state index contributed by atoms with van der Waals surface area (Å²) in [5.41, 5.74) is 2.09. The van der Waals surface area contributed by atoms with Crippen LogP contribution in [0, 0.1) is 6.92 Å². The molecule has 0 aliphatic heterocycles. The standard InChI is InChI=1S/C18H20BrNO3/c1-13-3-8-16(17(11-13)22-2)23-10-9-20-18(21)12-14-4-6-15(19)7-5-14/h3-8,11H,9-10,12H2,1-2H3,(H,20,21). The molecule has 2 aromatic rings. The van der Waals surface area contributed by atoms with E-state index in [1.165, 1.54) is 0 Å². The highest BCUT2D eigenvalue weighted by molar-refractivity contribution is 9.10. The minimum Gasteiger partial charge on any atom is -0.493 e. The smallest absolute Gasteiger partial charge is 0.224 e. The molecule has 2 aromatic carbocycles. The molecule has 4 nitrogen and oxygen atoms in total. The van der Waals surface area contributed by atoms with Crippen LogP contribution in [-0.2, 0) is 11.2 Å². The fourth-order valence-electron chi connectivity index (χ4n) is 2.10. The van der Waals surface area contributed by atoms with Crippen molar-refractivity contribution in [3.8, 4) is 11.5 Å². The Hall–Kier alpha value is -2.01. The maximum Gasteiger partial charge on any atom is 0.224 e. The Labute approximate surface area is 144 Å². The number of hydrogen-bond acceptors (Lipinski definition) is 3. The summed E-state index contributed by atoms with van der Waals surface area (Å²) in [6, 6.07) is 13.5. The summed E-state index contributed by atoms with van der Waals surface area (Å²) >= 11 is 3.37. The number of carbonyl (C=O) groups is 1. The van der Waals surface area contributed by atoms with Crippen molar-refractivity contribution in [3.63, 3.8) is 0 Å². The number of benzene rings is 2. The number of rotatable bonds is 7. The normalized spacial score (nSPS) is 10.2. The molecule has 23 heavy (non-hydrogen) atoms. The lowest BCUT2D eigenvalue weighted by atomic mass is 10.1. The SMILES string of the molecule is COc1cc(C)ccc1OCCNC(=O)Cc1ccc(Br)cc1. The molecule has 0 radical (unpaired) electrons. The summed E-state index contributed by atoms with van der Waals surface area (Å²) in [6.45, 7) is 2.84. The second-order valence-electron chi connectivity index (χ2n) is 5.16. The Morgan fingerprint density at radius 3 is 2.57 bits per heavy atom. The van der Waals surface area contributed by atoms with Crippen LogP contribution in [-0.4, -0.2) is 26.2 Å². The number of ether oxygens (including phenoxy) is 2. The lowest BCUT2D eigenvalue weighted by Gasteiger charge is -2.11. The number of carbonyl (C=O) groups excluding carboxylic acids is 1. The van der Waals surface area contributed by atoms with Gasteiger partial charge in [0.15, 0.2) is 11.5 Å². The Bertz CT molecular complexity index is 656. The average Bonchev–Trinajstić information content (AvgIpc) is 2.54. The summed E-state index contributed by atoms with van der Waals surface area (Å²) in [7, 11) is 1.61. The predicted molar refractivity (Wildman–Crippen MR) is 94.1 cm³/mol. The average molecular weight is 378 g/mol. The van der Waals surface area contributed by atoms with Crippen LogP contribution < -0.4 is 14.8 Å². The van der Waals surface area contributed by atoms with E-state index in [1.54, 1.807) is 7.11 Å². The molecule has 0 bridgehead atoms. The molecule has 0 aliphatic rings. The third-order valence-electron chi connectivity index (χ3n) is 3.28. The summed E-state index contributed by atoms with van der Waals surface area (Å²) in [5.74, 6) is 1.36. The molecule has 0 aromatic heterocycles. The lowest BCUT2D eigenvalue weighted by Crippen LogP contribution is -2.29. The van der Waals surface area contributed by atoms with Crippen LogP contribution in [0.4, 0.5) is 0 Å². The van der Waals surface area contributed by atoms with Gasteiger partial charge in [0.05, 0.1) is 20.1 Å². The van der Waals surface area contributed by atoms with Gasteiger partial charge in [-0.05, 0) is 42.3 Å². The van der Waals surface area contributed by atoms with Crippen molar-refractivity contribution in [2.45, 2.75) is 13.3 Å². The van der Waals surface area contributed by atoms with Gasteiger partial charge in [0.1, 0.15) is 6.61 Å². The van der Waals surface area contributed by atoms with E-state index < -0.39 is 0 Å². The van der Waals surface area contributed by atoms with Gasteiger partial charge in [-0.2, -0.15) is 0 Å². The molecular weight excluding hydrogens is 358 g/mol. The summed E-state index contributed by atoms with van der Waals surface area (Å²) < 4.78 is 11.9. The van der Waals surface area contributed by atoms with Gasteiger partial charge in [0, 0.05) is 4.47 Å². The van der Waals surface area contributed by atoms with E-state index >= 15 is 0 Å². The number of nitrogens with one attached hydrogen (secondary N) is 1. The molecule has 5 heteroatoms. The molecule has 0 saturated heterocycles. The first-order valence-electron chi connectivity index (χ1n) is 7.37. The second kappa shape index (κ2) is 8.58. The van der Waals surface area contributed by atoms with Gasteiger partial charge in [-0.1, -0.05) is 34.1 Å². The Morgan fingerprint density at radius 1 is 1.13 bits per heavy atom. The molecule has 0 unspecified atom stereocenters. The topological polar surface area (TPSA) is 47.6 Å². The highest BCUT2D eigenvalue weighted by Crippen LogP contribution is 2.27. The van der Waals surface area contributed by atoms with Crippen LogP contribution in [0.15, 0.2) is 46.9 Å². The lowest BCUT2D eigenvalue weighted by molar-refractivity contribution is -0.120. The van der Waals surface area contributed by atoms with Crippen LogP contribution in [0.1, 0.15) is 11.1 Å². The number of amides is 1. The molecule has 0 heterocycles. The van der Waals surface area contributed by atoms with Crippen molar-refractivity contribution in [1.29, 1.82) is 0 Å². The van der Waals surface area contributed by atoms with Gasteiger partial charge in [0.2, 0.25) is 5.91 Å². The maximum atomic E-state index is 11.9. The van der Waals surface area contributed by atoms with E-state index in [-0.39, 0.29) is 5.91 Å². The highest BCUT2D eigenvalue weighted by Gasteiger charge is 2.06. The van der Waals surface area contributed by atoms with E-state index in [2.05, 4.69) is 21.2 Å². The van der Waals surface area contributed by atoms with Crippen molar-refractivity contribution < 1.29 is 14.3 Å². The second-order valence-corrected chi connectivity index (χ2v) is 6.07. The van der Waals surface area contributed by atoms with E-state index in [0.717, 1.165) is 15.6 Å². The van der Waals surface area contributed by atoms with Crippen molar-refractivity contribution in [2.75, 3.05) is 20.3 Å². The molecule has 1 N–H and O–H groups in total. The molecule has 0 saturated carbocycles. The minimum absolute atomic E-state index is 0.0215. The fourth-order valence-corrected chi connectivity index (χ4v) is 2.36. The zero-order valence-corrected chi connectivity index (χ0v) is 14.9. The molecule has 0 aliphatic carbocycles. The van der Waals surface area contributed by atoms with Crippen molar-refractivity contribution in [3.05, 3.63) is 58.1 Å². The predicted octanol–water partition coefficient (Wildman–Crippen LogP) is 3.50. The van der Waals surface area contributed by atoms with Gasteiger partial charge < -0.3 is 14.8 Å². The Balaban J connectivity index is 1.74. The van der Waals surface area contributed by atoms with Crippen molar-refractivity contribution in [2.24, 2.45) is 0 Å². The molecule has 1 amide bonds. The maximum absolute atomic E-state index is 11.9. The molecular formula is C18H20BrNO3. The van der Waals surface area contributed by atoms with Crippen LogP contribution in [0.5, 0.6) is 11.5 Å². The van der Waals surface area contributed by atoms with E-state index in [9.17, 15) is 4.79 Å². The fraction of sp³-hybridized carbons (Fsp3) is 0.278. The molecule has 0 spiro atoms. The Morgan fingerprint density at radius 2 is 1.87 bits per heavy atom. The first-order valence-corrected chi connectivity index (χ1v) is 8.16. The van der Waals surface area contributed by atoms with E-state index in [4.69, 9.17) is 9.47 Å². The third kappa shape index (κ3) is 5.60. The number of hydrogen-bond donors (Lipinski definition) is 1. The summed E-state index contributed by atoms with van der Waals surface area (Å²) in [6.07, 6.45) is 0.362. The number of halogens is 1.